The molecule has 2 heterocycles. The smallest absolute Gasteiger partial charge is 0.272 e. The Morgan fingerprint density at radius 2 is 1.71 bits per heavy atom. The van der Waals surface area contributed by atoms with Crippen LogP contribution in [0.1, 0.15) is 16.1 Å². The molecule has 0 radical (unpaired) electrons. The molecule has 6 heteroatoms. The third-order valence-corrected chi connectivity index (χ3v) is 4.24. The third kappa shape index (κ3) is 3.81. The van der Waals surface area contributed by atoms with Crippen LogP contribution in [-0.2, 0) is 6.54 Å². The van der Waals surface area contributed by atoms with Crippen LogP contribution in [0.4, 0.5) is 4.39 Å². The fourth-order valence-electron chi connectivity index (χ4n) is 2.84. The van der Waals surface area contributed by atoms with Crippen molar-refractivity contribution in [3.05, 3.63) is 102 Å². The summed E-state index contributed by atoms with van der Waals surface area (Å²) in [5.74, 6) is -0.0423. The summed E-state index contributed by atoms with van der Waals surface area (Å²) in [6.07, 6.45) is 1.65. The standard InChI is InChI=1S/C22H17FN4O/c23-18-11-9-17(10-12-18)20-14-19(26-27(20)21-8-4-5-13-24-21)22(28)25-15-16-6-2-1-3-7-16/h1-14H,15H2,(H,25,28). The molecule has 0 aliphatic heterocycles. The van der Waals surface area contributed by atoms with Crippen LogP contribution in [0.25, 0.3) is 17.1 Å². The van der Waals surface area contributed by atoms with Gasteiger partial charge in [-0.25, -0.2) is 14.1 Å². The van der Waals surface area contributed by atoms with Crippen molar-refractivity contribution >= 4 is 5.91 Å². The van der Waals surface area contributed by atoms with E-state index in [1.165, 1.54) is 12.1 Å². The highest BCUT2D eigenvalue weighted by molar-refractivity contribution is 5.93. The summed E-state index contributed by atoms with van der Waals surface area (Å²) in [5.41, 5.74) is 2.66. The lowest BCUT2D eigenvalue weighted by molar-refractivity contribution is 0.0945. The fourth-order valence-corrected chi connectivity index (χ4v) is 2.84. The predicted molar refractivity (Wildman–Crippen MR) is 104 cm³/mol. The molecule has 5 nitrogen and oxygen atoms in total. The Bertz CT molecular complexity index is 1080. The Morgan fingerprint density at radius 3 is 2.43 bits per heavy atom. The van der Waals surface area contributed by atoms with Gasteiger partial charge in [0.15, 0.2) is 11.5 Å². The molecule has 2 aromatic carbocycles. The second-order valence-electron chi connectivity index (χ2n) is 6.19. The third-order valence-electron chi connectivity index (χ3n) is 4.24. The van der Waals surface area contributed by atoms with E-state index in [0.29, 0.717) is 18.1 Å². The number of benzene rings is 2. The number of amides is 1. The van der Waals surface area contributed by atoms with Gasteiger partial charge in [0.05, 0.1) is 5.69 Å². The van der Waals surface area contributed by atoms with Gasteiger partial charge >= 0.3 is 0 Å². The van der Waals surface area contributed by atoms with E-state index in [1.807, 2.05) is 36.4 Å². The molecule has 4 rings (SSSR count). The van der Waals surface area contributed by atoms with Gasteiger partial charge in [-0.2, -0.15) is 5.10 Å². The van der Waals surface area contributed by atoms with Crippen molar-refractivity contribution in [1.29, 1.82) is 0 Å². The van der Waals surface area contributed by atoms with Crippen LogP contribution in [-0.4, -0.2) is 20.7 Å². The van der Waals surface area contributed by atoms with Gasteiger partial charge in [-0.1, -0.05) is 36.4 Å². The van der Waals surface area contributed by atoms with Crippen LogP contribution < -0.4 is 5.32 Å². The van der Waals surface area contributed by atoms with Gasteiger partial charge in [-0.3, -0.25) is 4.79 Å². The molecule has 0 aliphatic carbocycles. The van der Waals surface area contributed by atoms with Crippen molar-refractivity contribution in [2.75, 3.05) is 0 Å². The molecule has 1 N–H and O–H groups in total. The average Bonchev–Trinajstić information content (AvgIpc) is 3.19. The maximum absolute atomic E-state index is 13.3. The van der Waals surface area contributed by atoms with Crippen LogP contribution in [0.3, 0.4) is 0 Å². The average molecular weight is 372 g/mol. The van der Waals surface area contributed by atoms with Crippen molar-refractivity contribution in [3.63, 3.8) is 0 Å². The summed E-state index contributed by atoms with van der Waals surface area (Å²) < 4.78 is 14.9. The van der Waals surface area contributed by atoms with E-state index < -0.39 is 0 Å². The first-order chi connectivity index (χ1) is 13.7. The Morgan fingerprint density at radius 1 is 0.964 bits per heavy atom. The largest absolute Gasteiger partial charge is 0.347 e. The Hall–Kier alpha value is -3.80. The van der Waals surface area contributed by atoms with Crippen LogP contribution in [0.5, 0.6) is 0 Å². The zero-order valence-electron chi connectivity index (χ0n) is 14.9. The number of nitrogens with one attached hydrogen (secondary N) is 1. The summed E-state index contributed by atoms with van der Waals surface area (Å²) in [5, 5.41) is 7.31. The van der Waals surface area contributed by atoms with Crippen molar-refractivity contribution in [2.24, 2.45) is 0 Å². The van der Waals surface area contributed by atoms with Gasteiger partial charge in [-0.15, -0.1) is 0 Å². The number of hydrogen-bond acceptors (Lipinski definition) is 3. The molecule has 0 aliphatic rings. The van der Waals surface area contributed by atoms with Crippen molar-refractivity contribution in [1.82, 2.24) is 20.1 Å². The van der Waals surface area contributed by atoms with Gasteiger partial charge < -0.3 is 5.32 Å². The summed E-state index contributed by atoms with van der Waals surface area (Å²) >= 11 is 0. The maximum Gasteiger partial charge on any atom is 0.272 e. The second-order valence-corrected chi connectivity index (χ2v) is 6.19. The molecule has 4 aromatic rings. The molecule has 0 fully saturated rings. The number of halogens is 1. The number of rotatable bonds is 5. The van der Waals surface area contributed by atoms with Crippen LogP contribution in [0.2, 0.25) is 0 Å². The zero-order valence-corrected chi connectivity index (χ0v) is 14.9. The van der Waals surface area contributed by atoms with Crippen LogP contribution >= 0.6 is 0 Å². The monoisotopic (exact) mass is 372 g/mol. The molecule has 0 saturated carbocycles. The number of pyridine rings is 1. The molecule has 0 spiro atoms. The zero-order chi connectivity index (χ0) is 19.3. The Balaban J connectivity index is 1.66. The minimum absolute atomic E-state index is 0.265. The molecule has 28 heavy (non-hydrogen) atoms. The highest BCUT2D eigenvalue weighted by Crippen LogP contribution is 2.23. The lowest BCUT2D eigenvalue weighted by atomic mass is 10.1. The van der Waals surface area contributed by atoms with E-state index in [0.717, 1.165) is 11.1 Å². The lowest BCUT2D eigenvalue weighted by Gasteiger charge is -2.06. The van der Waals surface area contributed by atoms with Gasteiger partial charge in [0, 0.05) is 18.3 Å². The number of carbonyl (C=O) groups excluding carboxylic acids is 1. The van der Waals surface area contributed by atoms with E-state index >= 15 is 0 Å². The summed E-state index contributed by atoms with van der Waals surface area (Å²) in [6.45, 7) is 0.405. The minimum Gasteiger partial charge on any atom is -0.347 e. The number of aromatic nitrogens is 3. The highest BCUT2D eigenvalue weighted by Gasteiger charge is 2.17. The van der Waals surface area contributed by atoms with Crippen molar-refractivity contribution < 1.29 is 9.18 Å². The molecule has 0 unspecified atom stereocenters. The quantitative estimate of drug-likeness (QED) is 0.576. The minimum atomic E-state index is -0.325. The maximum atomic E-state index is 13.3. The molecule has 138 valence electrons. The Kier molecular flexibility index (Phi) is 4.93. The first-order valence-corrected chi connectivity index (χ1v) is 8.80. The molecule has 0 saturated heterocycles. The lowest BCUT2D eigenvalue weighted by Crippen LogP contribution is -2.23. The van der Waals surface area contributed by atoms with E-state index in [-0.39, 0.29) is 17.4 Å². The van der Waals surface area contributed by atoms with Gasteiger partial charge in [-0.05, 0) is 48.0 Å². The summed E-state index contributed by atoms with van der Waals surface area (Å²) in [6, 6.07) is 22.8. The first kappa shape index (κ1) is 17.6. The van der Waals surface area contributed by atoms with E-state index in [9.17, 15) is 9.18 Å². The van der Waals surface area contributed by atoms with Gasteiger partial charge in [0.25, 0.3) is 5.91 Å². The molecule has 0 atom stereocenters. The SMILES string of the molecule is O=C(NCc1ccccc1)c1cc(-c2ccc(F)cc2)n(-c2ccccn2)n1. The van der Waals surface area contributed by atoms with Crippen LogP contribution in [0, 0.1) is 5.82 Å². The van der Waals surface area contributed by atoms with Gasteiger partial charge in [0.2, 0.25) is 0 Å². The Labute approximate surface area is 161 Å². The van der Waals surface area contributed by atoms with E-state index in [1.54, 1.807) is 41.2 Å². The molecule has 0 bridgehead atoms. The normalized spacial score (nSPS) is 10.6. The first-order valence-electron chi connectivity index (χ1n) is 8.80. The molecule has 2 aromatic heterocycles. The topological polar surface area (TPSA) is 59.8 Å². The van der Waals surface area contributed by atoms with E-state index in [4.69, 9.17) is 0 Å². The molecular weight excluding hydrogens is 355 g/mol. The van der Waals surface area contributed by atoms with Crippen LogP contribution in [0.15, 0.2) is 85.1 Å². The number of hydrogen-bond donors (Lipinski definition) is 1. The number of carbonyl (C=O) groups is 1. The number of nitrogens with zero attached hydrogens (tertiary/aromatic N) is 3. The molecule has 1 amide bonds. The van der Waals surface area contributed by atoms with Crippen molar-refractivity contribution in [2.45, 2.75) is 6.54 Å². The molecular formula is C22H17FN4O. The fraction of sp³-hybridized carbons (Fsp3) is 0.0455. The summed E-state index contributed by atoms with van der Waals surface area (Å²) in [7, 11) is 0. The highest BCUT2D eigenvalue weighted by atomic mass is 19.1. The second kappa shape index (κ2) is 7.84. The van der Waals surface area contributed by atoms with Gasteiger partial charge in [0.1, 0.15) is 5.82 Å². The van der Waals surface area contributed by atoms with Crippen molar-refractivity contribution in [3.8, 4) is 17.1 Å². The van der Waals surface area contributed by atoms with E-state index in [2.05, 4.69) is 15.4 Å². The summed E-state index contributed by atoms with van der Waals surface area (Å²) in [4.78, 5) is 16.9. The predicted octanol–water partition coefficient (Wildman–Crippen LogP) is 4.00.